The van der Waals surface area contributed by atoms with Crippen molar-refractivity contribution in [3.8, 4) is 0 Å². The Kier molecular flexibility index (Phi) is 5.30. The van der Waals surface area contributed by atoms with Gasteiger partial charge < -0.3 is 5.32 Å². The molecular formula is C13H21N3O2S. The summed E-state index contributed by atoms with van der Waals surface area (Å²) in [4.78, 5) is 3.92. The van der Waals surface area contributed by atoms with Gasteiger partial charge in [0, 0.05) is 18.4 Å². The lowest BCUT2D eigenvalue weighted by atomic mass is 10.1. The summed E-state index contributed by atoms with van der Waals surface area (Å²) >= 11 is 0. The fourth-order valence-electron chi connectivity index (χ4n) is 2.25. The minimum absolute atomic E-state index is 0.0810. The normalized spacial score (nSPS) is 20.9. The highest BCUT2D eigenvalue weighted by Gasteiger charge is 2.18. The van der Waals surface area contributed by atoms with E-state index in [2.05, 4.69) is 15.0 Å². The van der Waals surface area contributed by atoms with Crippen molar-refractivity contribution in [2.45, 2.75) is 31.7 Å². The molecular weight excluding hydrogens is 262 g/mol. The second kappa shape index (κ2) is 6.98. The van der Waals surface area contributed by atoms with Crippen LogP contribution in [-0.2, 0) is 16.4 Å². The van der Waals surface area contributed by atoms with Crippen molar-refractivity contribution in [2.75, 3.05) is 18.8 Å². The van der Waals surface area contributed by atoms with Crippen LogP contribution >= 0.6 is 0 Å². The van der Waals surface area contributed by atoms with Crippen LogP contribution in [0.2, 0.25) is 0 Å². The lowest BCUT2D eigenvalue weighted by Gasteiger charge is -2.16. The highest BCUT2D eigenvalue weighted by atomic mass is 32.2. The SMILES string of the molecule is O=S(=O)(CCc1ccncc1)NC1CCCNCC1. The second-order valence-corrected chi connectivity index (χ2v) is 6.79. The number of pyridine rings is 1. The molecule has 5 nitrogen and oxygen atoms in total. The zero-order valence-electron chi connectivity index (χ0n) is 11.0. The first kappa shape index (κ1) is 14.4. The standard InChI is InChI=1S/C13H21N3O2S/c17-19(18,11-6-12-3-8-15-9-4-12)16-13-2-1-7-14-10-5-13/h3-4,8-9,13-14,16H,1-2,5-7,10-11H2. The molecule has 0 aromatic carbocycles. The summed E-state index contributed by atoms with van der Waals surface area (Å²) in [5, 5.41) is 3.28. The van der Waals surface area contributed by atoms with Crippen molar-refractivity contribution in [2.24, 2.45) is 0 Å². The average molecular weight is 283 g/mol. The van der Waals surface area contributed by atoms with Gasteiger partial charge in [0.2, 0.25) is 10.0 Å². The van der Waals surface area contributed by atoms with Gasteiger partial charge in [0.25, 0.3) is 0 Å². The van der Waals surface area contributed by atoms with Crippen LogP contribution in [0.5, 0.6) is 0 Å². The fraction of sp³-hybridized carbons (Fsp3) is 0.615. The third kappa shape index (κ3) is 5.26. The van der Waals surface area contributed by atoms with Gasteiger partial charge in [-0.2, -0.15) is 0 Å². The van der Waals surface area contributed by atoms with Gasteiger partial charge in [-0.15, -0.1) is 0 Å². The highest BCUT2D eigenvalue weighted by molar-refractivity contribution is 7.89. The zero-order valence-corrected chi connectivity index (χ0v) is 11.8. The topological polar surface area (TPSA) is 71.1 Å². The number of nitrogens with zero attached hydrogens (tertiary/aromatic N) is 1. The fourth-order valence-corrected chi connectivity index (χ4v) is 3.62. The van der Waals surface area contributed by atoms with E-state index < -0.39 is 10.0 Å². The maximum absolute atomic E-state index is 12.0. The molecule has 2 N–H and O–H groups in total. The minimum atomic E-state index is -3.19. The lowest BCUT2D eigenvalue weighted by molar-refractivity contribution is 0.518. The van der Waals surface area contributed by atoms with Gasteiger partial charge in [0.15, 0.2) is 0 Å². The van der Waals surface area contributed by atoms with E-state index in [0.717, 1.165) is 37.9 Å². The van der Waals surface area contributed by atoms with Crippen LogP contribution in [0.25, 0.3) is 0 Å². The Labute approximate surface area is 114 Å². The number of hydrogen-bond donors (Lipinski definition) is 2. The molecule has 1 unspecified atom stereocenters. The van der Waals surface area contributed by atoms with Crippen LogP contribution in [-0.4, -0.2) is 38.3 Å². The van der Waals surface area contributed by atoms with E-state index in [-0.39, 0.29) is 11.8 Å². The van der Waals surface area contributed by atoms with Crippen LogP contribution in [0, 0.1) is 0 Å². The van der Waals surface area contributed by atoms with Crippen molar-refractivity contribution in [1.29, 1.82) is 0 Å². The van der Waals surface area contributed by atoms with Crippen LogP contribution in [0.1, 0.15) is 24.8 Å². The molecule has 2 heterocycles. The van der Waals surface area contributed by atoms with E-state index in [1.165, 1.54) is 0 Å². The van der Waals surface area contributed by atoms with Gasteiger partial charge >= 0.3 is 0 Å². The van der Waals surface area contributed by atoms with E-state index in [4.69, 9.17) is 0 Å². The third-order valence-electron chi connectivity index (χ3n) is 3.33. The van der Waals surface area contributed by atoms with Gasteiger partial charge in [0.1, 0.15) is 0 Å². The van der Waals surface area contributed by atoms with Crippen molar-refractivity contribution in [1.82, 2.24) is 15.0 Å². The number of nitrogens with one attached hydrogen (secondary N) is 2. The first-order chi connectivity index (χ1) is 9.16. The van der Waals surface area contributed by atoms with Gasteiger partial charge in [-0.05, 0) is 56.5 Å². The lowest BCUT2D eigenvalue weighted by Crippen LogP contribution is -2.37. The molecule has 0 radical (unpaired) electrons. The minimum Gasteiger partial charge on any atom is -0.317 e. The van der Waals surface area contributed by atoms with Crippen molar-refractivity contribution >= 4 is 10.0 Å². The summed E-state index contributed by atoms with van der Waals surface area (Å²) in [5.74, 6) is 0.140. The number of sulfonamides is 1. The molecule has 106 valence electrons. The number of aromatic nitrogens is 1. The summed E-state index contributed by atoms with van der Waals surface area (Å²) in [6.45, 7) is 1.87. The molecule has 0 amide bonds. The van der Waals surface area contributed by atoms with E-state index in [1.54, 1.807) is 12.4 Å². The number of aryl methyl sites for hydroxylation is 1. The molecule has 0 spiro atoms. The van der Waals surface area contributed by atoms with Crippen LogP contribution in [0.4, 0.5) is 0 Å². The molecule has 1 aliphatic heterocycles. The Morgan fingerprint density at radius 1 is 1.26 bits per heavy atom. The Morgan fingerprint density at radius 2 is 2.05 bits per heavy atom. The van der Waals surface area contributed by atoms with Gasteiger partial charge in [0.05, 0.1) is 5.75 Å². The number of hydrogen-bond acceptors (Lipinski definition) is 4. The van der Waals surface area contributed by atoms with E-state index in [0.29, 0.717) is 6.42 Å². The van der Waals surface area contributed by atoms with Crippen molar-refractivity contribution in [3.05, 3.63) is 30.1 Å². The molecule has 1 aromatic rings. The average Bonchev–Trinajstić information content (AvgIpc) is 2.66. The molecule has 1 saturated heterocycles. The summed E-state index contributed by atoms with van der Waals surface area (Å²) in [6.07, 6.45) is 6.72. The van der Waals surface area contributed by atoms with Gasteiger partial charge in [-0.25, -0.2) is 13.1 Å². The second-order valence-electron chi connectivity index (χ2n) is 4.92. The van der Waals surface area contributed by atoms with Crippen molar-refractivity contribution < 1.29 is 8.42 Å². The Morgan fingerprint density at radius 3 is 2.84 bits per heavy atom. The maximum atomic E-state index is 12.0. The van der Waals surface area contributed by atoms with Gasteiger partial charge in [-0.3, -0.25) is 4.98 Å². The smallest absolute Gasteiger partial charge is 0.212 e. The molecule has 1 aromatic heterocycles. The molecule has 19 heavy (non-hydrogen) atoms. The largest absolute Gasteiger partial charge is 0.317 e. The van der Waals surface area contributed by atoms with E-state index >= 15 is 0 Å². The highest BCUT2D eigenvalue weighted by Crippen LogP contribution is 2.07. The Hall–Kier alpha value is -0.980. The Bertz CT molecular complexity index is 468. The zero-order chi connectivity index (χ0) is 13.6. The molecule has 2 rings (SSSR count). The molecule has 0 saturated carbocycles. The van der Waals surface area contributed by atoms with Crippen LogP contribution in [0.3, 0.4) is 0 Å². The predicted molar refractivity (Wildman–Crippen MR) is 75.4 cm³/mol. The molecule has 0 bridgehead atoms. The molecule has 0 aliphatic carbocycles. The van der Waals surface area contributed by atoms with E-state index in [1.807, 2.05) is 12.1 Å². The monoisotopic (exact) mass is 283 g/mol. The quantitative estimate of drug-likeness (QED) is 0.834. The van der Waals surface area contributed by atoms with Crippen molar-refractivity contribution in [3.63, 3.8) is 0 Å². The molecule has 1 fully saturated rings. The van der Waals surface area contributed by atoms with Crippen LogP contribution < -0.4 is 10.0 Å². The van der Waals surface area contributed by atoms with Crippen LogP contribution in [0.15, 0.2) is 24.5 Å². The number of rotatable bonds is 5. The Balaban J connectivity index is 1.84. The first-order valence-corrected chi connectivity index (χ1v) is 8.40. The third-order valence-corrected chi connectivity index (χ3v) is 4.76. The summed E-state index contributed by atoms with van der Waals surface area (Å²) < 4.78 is 26.9. The summed E-state index contributed by atoms with van der Waals surface area (Å²) in [7, 11) is -3.19. The maximum Gasteiger partial charge on any atom is 0.212 e. The van der Waals surface area contributed by atoms with E-state index in [9.17, 15) is 8.42 Å². The summed E-state index contributed by atoms with van der Waals surface area (Å²) in [5.41, 5.74) is 1.00. The summed E-state index contributed by atoms with van der Waals surface area (Å²) in [6, 6.07) is 3.79. The molecule has 6 heteroatoms. The molecule has 1 aliphatic rings. The first-order valence-electron chi connectivity index (χ1n) is 6.75. The predicted octanol–water partition coefficient (Wildman–Crippen LogP) is 0.686. The molecule has 1 atom stereocenters. The van der Waals surface area contributed by atoms with Gasteiger partial charge in [-0.1, -0.05) is 0 Å².